The number of sulfonamides is 1. The van der Waals surface area contributed by atoms with Gasteiger partial charge in [-0.3, -0.25) is 9.69 Å². The SMILES string of the molecule is CCCN1CCc2[nH]c(C(=O)NCCCCC3CCN(S(=O)(=O)c4ccc(OC(F)(F)F)cc4)CC3)cc2C1. The number of hydrogen-bond donors (Lipinski definition) is 2. The van der Waals surface area contributed by atoms with Crippen LogP contribution < -0.4 is 10.1 Å². The molecule has 0 saturated carbocycles. The van der Waals surface area contributed by atoms with E-state index >= 15 is 0 Å². The lowest BCUT2D eigenvalue weighted by Crippen LogP contribution is -2.38. The highest BCUT2D eigenvalue weighted by molar-refractivity contribution is 7.89. The first-order chi connectivity index (χ1) is 18.5. The average molecular weight is 571 g/mol. The number of alkyl halides is 3. The van der Waals surface area contributed by atoms with Crippen molar-refractivity contribution in [3.8, 4) is 5.75 Å². The van der Waals surface area contributed by atoms with Crippen molar-refractivity contribution in [1.29, 1.82) is 0 Å². The summed E-state index contributed by atoms with van der Waals surface area (Å²) < 4.78 is 68.0. The molecule has 1 aromatic carbocycles. The number of piperidine rings is 1. The Morgan fingerprint density at radius 3 is 2.51 bits per heavy atom. The number of nitrogens with zero attached hydrogens (tertiary/aromatic N) is 2. The first-order valence-electron chi connectivity index (χ1n) is 13.6. The lowest BCUT2D eigenvalue weighted by molar-refractivity contribution is -0.274. The maximum atomic E-state index is 12.9. The van der Waals surface area contributed by atoms with Crippen LogP contribution in [-0.2, 0) is 23.0 Å². The van der Waals surface area contributed by atoms with E-state index in [-0.39, 0.29) is 10.8 Å². The van der Waals surface area contributed by atoms with Crippen LogP contribution in [0.2, 0.25) is 0 Å². The second-order valence-corrected chi connectivity index (χ2v) is 12.3. The largest absolute Gasteiger partial charge is 0.573 e. The van der Waals surface area contributed by atoms with Crippen LogP contribution in [0.3, 0.4) is 0 Å². The van der Waals surface area contributed by atoms with Crippen molar-refractivity contribution < 1.29 is 31.1 Å². The number of ether oxygens (including phenoxy) is 1. The van der Waals surface area contributed by atoms with E-state index in [4.69, 9.17) is 0 Å². The quantitative estimate of drug-likeness (QED) is 0.383. The normalized spacial score (nSPS) is 17.6. The maximum Gasteiger partial charge on any atom is 0.573 e. The predicted molar refractivity (Wildman–Crippen MR) is 141 cm³/mol. The molecule has 2 N–H and O–H groups in total. The Morgan fingerprint density at radius 2 is 1.85 bits per heavy atom. The molecule has 0 unspecified atom stereocenters. The van der Waals surface area contributed by atoms with Crippen LogP contribution in [0, 0.1) is 5.92 Å². The third kappa shape index (κ3) is 7.98. The molecule has 1 fully saturated rings. The molecule has 0 spiro atoms. The Balaban J connectivity index is 1.15. The highest BCUT2D eigenvalue weighted by Gasteiger charge is 2.32. The van der Waals surface area contributed by atoms with Crippen LogP contribution in [0.4, 0.5) is 13.2 Å². The van der Waals surface area contributed by atoms with Gasteiger partial charge in [-0.05, 0) is 74.0 Å². The number of rotatable bonds is 11. The van der Waals surface area contributed by atoms with E-state index in [9.17, 15) is 26.4 Å². The summed E-state index contributed by atoms with van der Waals surface area (Å²) in [6, 6.07) is 6.27. The molecule has 2 aromatic rings. The zero-order valence-corrected chi connectivity index (χ0v) is 23.0. The lowest BCUT2D eigenvalue weighted by atomic mass is 9.92. The van der Waals surface area contributed by atoms with Gasteiger partial charge >= 0.3 is 6.36 Å². The van der Waals surface area contributed by atoms with Gasteiger partial charge in [-0.2, -0.15) is 4.31 Å². The van der Waals surface area contributed by atoms with Crippen molar-refractivity contribution in [2.45, 2.75) is 69.7 Å². The Bertz CT molecular complexity index is 1210. The van der Waals surface area contributed by atoms with E-state index in [0.29, 0.717) is 31.2 Å². The summed E-state index contributed by atoms with van der Waals surface area (Å²) in [6.45, 7) is 6.48. The van der Waals surface area contributed by atoms with E-state index in [1.54, 1.807) is 0 Å². The summed E-state index contributed by atoms with van der Waals surface area (Å²) in [5.41, 5.74) is 2.99. The Hall–Kier alpha value is -2.57. The number of unbranched alkanes of at least 4 members (excludes halogenated alkanes) is 1. The molecule has 8 nitrogen and oxygen atoms in total. The minimum Gasteiger partial charge on any atom is -0.406 e. The fraction of sp³-hybridized carbons (Fsp3) is 0.593. The smallest absolute Gasteiger partial charge is 0.406 e. The number of carbonyl (C=O) groups is 1. The second kappa shape index (κ2) is 12.7. The molecule has 2 aliphatic heterocycles. The van der Waals surface area contributed by atoms with Gasteiger partial charge in [-0.15, -0.1) is 13.2 Å². The second-order valence-electron chi connectivity index (χ2n) is 10.3. The van der Waals surface area contributed by atoms with Crippen molar-refractivity contribution in [1.82, 2.24) is 19.5 Å². The molecule has 1 amide bonds. The summed E-state index contributed by atoms with van der Waals surface area (Å²) in [7, 11) is -3.78. The number of amides is 1. The molecule has 216 valence electrons. The average Bonchev–Trinajstić information content (AvgIpc) is 3.32. The predicted octanol–water partition coefficient (Wildman–Crippen LogP) is 4.68. The molecular formula is C27H37F3N4O4S. The van der Waals surface area contributed by atoms with E-state index in [2.05, 4.69) is 26.9 Å². The third-order valence-corrected chi connectivity index (χ3v) is 9.35. The van der Waals surface area contributed by atoms with E-state index in [0.717, 1.165) is 94.5 Å². The van der Waals surface area contributed by atoms with Gasteiger partial charge in [0.15, 0.2) is 0 Å². The Labute approximate surface area is 227 Å². The monoisotopic (exact) mass is 570 g/mol. The van der Waals surface area contributed by atoms with Crippen LogP contribution >= 0.6 is 0 Å². The number of nitrogens with one attached hydrogen (secondary N) is 2. The molecule has 1 aromatic heterocycles. The lowest BCUT2D eigenvalue weighted by Gasteiger charge is -2.31. The number of fused-ring (bicyclic) bond motifs is 1. The van der Waals surface area contributed by atoms with E-state index in [1.165, 1.54) is 9.87 Å². The highest BCUT2D eigenvalue weighted by Crippen LogP contribution is 2.29. The number of halogens is 3. The fourth-order valence-electron chi connectivity index (χ4n) is 5.38. The number of hydrogen-bond acceptors (Lipinski definition) is 5. The Morgan fingerprint density at radius 1 is 1.13 bits per heavy atom. The molecular weight excluding hydrogens is 533 g/mol. The number of carbonyl (C=O) groups excluding carboxylic acids is 1. The van der Waals surface area contributed by atoms with Gasteiger partial charge < -0.3 is 15.0 Å². The zero-order valence-electron chi connectivity index (χ0n) is 22.2. The standard InChI is InChI=1S/C27H37F3N4O4S/c1-2-14-33-15-12-24-21(19-33)18-25(32-24)26(35)31-13-4-3-5-20-10-16-34(17-11-20)39(36,37)23-8-6-22(7-9-23)38-27(28,29)30/h6-9,18,20,32H,2-5,10-17,19H2,1H3,(H,31,35). The Kier molecular flexibility index (Phi) is 9.60. The molecule has 0 radical (unpaired) electrons. The van der Waals surface area contributed by atoms with Gasteiger partial charge in [0.25, 0.3) is 5.91 Å². The number of aromatic amines is 1. The van der Waals surface area contributed by atoms with Crippen LogP contribution in [0.5, 0.6) is 5.75 Å². The molecule has 0 atom stereocenters. The topological polar surface area (TPSA) is 94.7 Å². The van der Waals surface area contributed by atoms with Gasteiger partial charge in [-0.1, -0.05) is 19.8 Å². The van der Waals surface area contributed by atoms with Crippen molar-refractivity contribution in [3.63, 3.8) is 0 Å². The van der Waals surface area contributed by atoms with Gasteiger partial charge in [0.05, 0.1) is 4.90 Å². The van der Waals surface area contributed by atoms with Crippen molar-refractivity contribution in [2.24, 2.45) is 5.92 Å². The molecule has 3 heterocycles. The van der Waals surface area contributed by atoms with Gasteiger partial charge in [0.2, 0.25) is 10.0 Å². The fourth-order valence-corrected chi connectivity index (χ4v) is 6.85. The molecule has 39 heavy (non-hydrogen) atoms. The summed E-state index contributed by atoms with van der Waals surface area (Å²) in [5, 5.41) is 3.00. The first kappa shape index (κ1) is 29.4. The third-order valence-electron chi connectivity index (χ3n) is 7.44. The summed E-state index contributed by atoms with van der Waals surface area (Å²) in [5.74, 6) is -0.138. The van der Waals surface area contributed by atoms with Crippen molar-refractivity contribution in [2.75, 3.05) is 32.7 Å². The molecule has 1 saturated heterocycles. The number of benzene rings is 1. The van der Waals surface area contributed by atoms with E-state index < -0.39 is 22.1 Å². The van der Waals surface area contributed by atoms with Crippen LogP contribution in [0.1, 0.15) is 67.2 Å². The molecule has 0 aliphatic carbocycles. The van der Waals surface area contributed by atoms with Gasteiger partial charge in [0, 0.05) is 44.8 Å². The minimum absolute atomic E-state index is 0.0487. The molecule has 0 bridgehead atoms. The minimum atomic E-state index is -4.83. The van der Waals surface area contributed by atoms with Crippen molar-refractivity contribution in [3.05, 3.63) is 47.3 Å². The molecule has 12 heteroatoms. The summed E-state index contributed by atoms with van der Waals surface area (Å²) in [4.78, 5) is 18.2. The summed E-state index contributed by atoms with van der Waals surface area (Å²) >= 11 is 0. The van der Waals surface area contributed by atoms with Gasteiger partial charge in [0.1, 0.15) is 11.4 Å². The van der Waals surface area contributed by atoms with Crippen molar-refractivity contribution >= 4 is 15.9 Å². The first-order valence-corrected chi connectivity index (χ1v) is 15.1. The van der Waals surface area contributed by atoms with Crippen LogP contribution in [0.15, 0.2) is 35.2 Å². The maximum absolute atomic E-state index is 12.9. The molecule has 2 aliphatic rings. The number of H-pyrrole nitrogens is 1. The summed E-state index contributed by atoms with van der Waals surface area (Å²) in [6.07, 6.45) is 1.42. The number of aromatic nitrogens is 1. The van der Waals surface area contributed by atoms with E-state index in [1.807, 2.05) is 6.07 Å². The highest BCUT2D eigenvalue weighted by atomic mass is 32.2. The van der Waals surface area contributed by atoms with Crippen LogP contribution in [0.25, 0.3) is 0 Å². The van der Waals surface area contributed by atoms with Crippen LogP contribution in [-0.4, -0.2) is 67.6 Å². The zero-order chi connectivity index (χ0) is 28.0. The van der Waals surface area contributed by atoms with Gasteiger partial charge in [-0.25, -0.2) is 8.42 Å². The molecule has 4 rings (SSSR count).